The van der Waals surface area contributed by atoms with Crippen molar-refractivity contribution in [1.29, 1.82) is 5.26 Å². The highest BCUT2D eigenvalue weighted by Crippen LogP contribution is 2.17. The van der Waals surface area contributed by atoms with E-state index in [1.165, 1.54) is 0 Å². The molecular formula is C15H10ClNO2. The maximum Gasteiger partial charge on any atom is 0.315 e. The van der Waals surface area contributed by atoms with Gasteiger partial charge in [-0.2, -0.15) is 5.26 Å². The van der Waals surface area contributed by atoms with Crippen LogP contribution in [-0.2, 0) is 11.2 Å². The lowest BCUT2D eigenvalue weighted by Crippen LogP contribution is -2.11. The molecule has 94 valence electrons. The fourth-order valence-electron chi connectivity index (χ4n) is 1.56. The fraction of sp³-hybridized carbons (Fsp3) is 0.0667. The Balaban J connectivity index is 2.01. The van der Waals surface area contributed by atoms with Gasteiger partial charge in [-0.05, 0) is 35.9 Å². The van der Waals surface area contributed by atoms with Gasteiger partial charge >= 0.3 is 5.97 Å². The van der Waals surface area contributed by atoms with E-state index in [1.807, 2.05) is 12.1 Å². The number of rotatable bonds is 3. The van der Waals surface area contributed by atoms with Crippen LogP contribution in [0.4, 0.5) is 0 Å². The van der Waals surface area contributed by atoms with E-state index in [1.54, 1.807) is 42.5 Å². The number of benzene rings is 2. The van der Waals surface area contributed by atoms with Crippen LogP contribution in [0.5, 0.6) is 5.75 Å². The second-order valence-corrected chi connectivity index (χ2v) is 4.29. The van der Waals surface area contributed by atoms with Gasteiger partial charge in [0.05, 0.1) is 18.1 Å². The summed E-state index contributed by atoms with van der Waals surface area (Å²) in [5.41, 5.74) is 1.24. The van der Waals surface area contributed by atoms with E-state index in [0.29, 0.717) is 16.3 Å². The summed E-state index contributed by atoms with van der Waals surface area (Å²) in [6.45, 7) is 0. The highest BCUT2D eigenvalue weighted by molar-refractivity contribution is 6.31. The van der Waals surface area contributed by atoms with Crippen LogP contribution in [0.15, 0.2) is 48.5 Å². The van der Waals surface area contributed by atoms with E-state index in [-0.39, 0.29) is 6.42 Å². The van der Waals surface area contributed by atoms with Crippen molar-refractivity contribution in [2.45, 2.75) is 6.42 Å². The van der Waals surface area contributed by atoms with Gasteiger partial charge in [-0.25, -0.2) is 0 Å². The maximum atomic E-state index is 11.7. The molecule has 0 aliphatic rings. The normalized spacial score (nSPS) is 9.68. The number of carbonyl (C=O) groups is 1. The molecule has 0 spiro atoms. The highest BCUT2D eigenvalue weighted by Gasteiger charge is 2.08. The average molecular weight is 272 g/mol. The van der Waals surface area contributed by atoms with Crippen molar-refractivity contribution < 1.29 is 9.53 Å². The predicted molar refractivity (Wildman–Crippen MR) is 71.9 cm³/mol. The minimum atomic E-state index is -0.391. The summed E-state index contributed by atoms with van der Waals surface area (Å²) in [6.07, 6.45) is 0.111. The van der Waals surface area contributed by atoms with E-state index in [0.717, 1.165) is 5.56 Å². The summed E-state index contributed by atoms with van der Waals surface area (Å²) in [7, 11) is 0. The zero-order valence-electron chi connectivity index (χ0n) is 9.97. The number of carbonyl (C=O) groups excluding carboxylic acids is 1. The lowest BCUT2D eigenvalue weighted by Gasteiger charge is -2.05. The van der Waals surface area contributed by atoms with Gasteiger partial charge in [-0.1, -0.05) is 29.8 Å². The third kappa shape index (κ3) is 3.57. The summed E-state index contributed by atoms with van der Waals surface area (Å²) in [4.78, 5) is 11.7. The van der Waals surface area contributed by atoms with Crippen LogP contribution in [0.25, 0.3) is 0 Å². The zero-order valence-corrected chi connectivity index (χ0v) is 10.7. The molecule has 0 saturated heterocycles. The van der Waals surface area contributed by atoms with Crippen LogP contribution in [0.1, 0.15) is 11.1 Å². The molecule has 0 fully saturated rings. The van der Waals surface area contributed by atoms with Crippen LogP contribution in [0, 0.1) is 11.3 Å². The second kappa shape index (κ2) is 6.03. The van der Waals surface area contributed by atoms with Gasteiger partial charge in [0, 0.05) is 5.02 Å². The molecule has 0 heterocycles. The minimum absolute atomic E-state index is 0.111. The van der Waals surface area contributed by atoms with Crippen molar-refractivity contribution in [3.05, 3.63) is 64.7 Å². The summed E-state index contributed by atoms with van der Waals surface area (Å²) in [5, 5.41) is 9.20. The van der Waals surface area contributed by atoms with E-state index < -0.39 is 5.97 Å². The smallest absolute Gasteiger partial charge is 0.315 e. The van der Waals surface area contributed by atoms with Crippen LogP contribution < -0.4 is 4.74 Å². The number of hydrogen-bond donors (Lipinski definition) is 0. The van der Waals surface area contributed by atoms with Gasteiger partial charge in [0.1, 0.15) is 5.75 Å². The van der Waals surface area contributed by atoms with Gasteiger partial charge in [0.25, 0.3) is 0 Å². The second-order valence-electron chi connectivity index (χ2n) is 3.88. The fourth-order valence-corrected chi connectivity index (χ4v) is 1.76. The third-order valence-electron chi connectivity index (χ3n) is 2.51. The van der Waals surface area contributed by atoms with Gasteiger partial charge in [0.2, 0.25) is 0 Å². The molecule has 4 heteroatoms. The first-order valence-electron chi connectivity index (χ1n) is 5.63. The quantitative estimate of drug-likeness (QED) is 0.635. The summed E-state index contributed by atoms with van der Waals surface area (Å²) >= 11 is 5.97. The number of hydrogen-bond acceptors (Lipinski definition) is 3. The Morgan fingerprint density at radius 2 is 1.84 bits per heavy atom. The van der Waals surface area contributed by atoms with Crippen LogP contribution in [-0.4, -0.2) is 5.97 Å². The molecule has 0 aromatic heterocycles. The maximum absolute atomic E-state index is 11.7. The molecule has 0 aliphatic heterocycles. The highest BCUT2D eigenvalue weighted by atomic mass is 35.5. The Morgan fingerprint density at radius 3 is 2.47 bits per heavy atom. The van der Waals surface area contributed by atoms with Gasteiger partial charge in [-0.3, -0.25) is 4.79 Å². The number of nitriles is 1. The minimum Gasteiger partial charge on any atom is -0.426 e. The molecule has 0 unspecified atom stereocenters. The lowest BCUT2D eigenvalue weighted by molar-refractivity contribution is -0.133. The van der Waals surface area contributed by atoms with Crippen LogP contribution >= 0.6 is 11.6 Å². The number of halogens is 1. The van der Waals surface area contributed by atoms with Gasteiger partial charge < -0.3 is 4.74 Å². The SMILES string of the molecule is N#Cc1ccc(OC(=O)Cc2ccccc2Cl)cc1. The van der Waals surface area contributed by atoms with Crippen LogP contribution in [0.3, 0.4) is 0 Å². The number of esters is 1. The van der Waals surface area contributed by atoms with E-state index >= 15 is 0 Å². The van der Waals surface area contributed by atoms with Gasteiger partial charge in [0.15, 0.2) is 0 Å². The van der Waals surface area contributed by atoms with Crippen molar-refractivity contribution in [3.8, 4) is 11.8 Å². The lowest BCUT2D eigenvalue weighted by atomic mass is 10.1. The first-order valence-corrected chi connectivity index (χ1v) is 6.01. The molecule has 0 bridgehead atoms. The molecule has 0 saturated carbocycles. The molecule has 2 aromatic rings. The molecule has 0 amide bonds. The summed E-state index contributed by atoms with van der Waals surface area (Å²) < 4.78 is 5.17. The Kier molecular flexibility index (Phi) is 4.17. The third-order valence-corrected chi connectivity index (χ3v) is 2.88. The van der Waals surface area contributed by atoms with Crippen LogP contribution in [0.2, 0.25) is 5.02 Å². The molecule has 0 aliphatic carbocycles. The molecule has 2 aromatic carbocycles. The predicted octanol–water partition coefficient (Wildman–Crippen LogP) is 3.36. The number of ether oxygens (including phenoxy) is 1. The van der Waals surface area contributed by atoms with E-state index in [4.69, 9.17) is 21.6 Å². The molecule has 0 radical (unpaired) electrons. The number of nitrogens with zero attached hydrogens (tertiary/aromatic N) is 1. The Morgan fingerprint density at radius 1 is 1.16 bits per heavy atom. The average Bonchev–Trinajstić information content (AvgIpc) is 2.42. The van der Waals surface area contributed by atoms with Crippen molar-refractivity contribution in [2.75, 3.05) is 0 Å². The van der Waals surface area contributed by atoms with E-state index in [2.05, 4.69) is 0 Å². The van der Waals surface area contributed by atoms with E-state index in [9.17, 15) is 4.79 Å². The van der Waals surface area contributed by atoms with Crippen molar-refractivity contribution in [2.24, 2.45) is 0 Å². The first kappa shape index (κ1) is 13.1. The summed E-state index contributed by atoms with van der Waals surface area (Å²) in [6, 6.07) is 15.5. The standard InChI is InChI=1S/C15H10ClNO2/c16-14-4-2-1-3-12(14)9-15(18)19-13-7-5-11(10-17)6-8-13/h1-8H,9H2. The molecular weight excluding hydrogens is 262 g/mol. The molecule has 19 heavy (non-hydrogen) atoms. The topological polar surface area (TPSA) is 50.1 Å². The van der Waals surface area contributed by atoms with Gasteiger partial charge in [-0.15, -0.1) is 0 Å². The Labute approximate surface area is 116 Å². The molecule has 0 atom stereocenters. The first-order chi connectivity index (χ1) is 9.19. The summed E-state index contributed by atoms with van der Waals surface area (Å²) in [5.74, 6) is 0.0221. The zero-order chi connectivity index (χ0) is 13.7. The molecule has 2 rings (SSSR count). The van der Waals surface area contributed by atoms with Crippen molar-refractivity contribution in [3.63, 3.8) is 0 Å². The largest absolute Gasteiger partial charge is 0.426 e. The molecule has 3 nitrogen and oxygen atoms in total. The monoisotopic (exact) mass is 271 g/mol. The Hall–Kier alpha value is -2.31. The van der Waals surface area contributed by atoms with Crippen molar-refractivity contribution in [1.82, 2.24) is 0 Å². The molecule has 0 N–H and O–H groups in total. The van der Waals surface area contributed by atoms with Crippen molar-refractivity contribution >= 4 is 17.6 Å². The Bertz CT molecular complexity index is 629.